The van der Waals surface area contributed by atoms with Gasteiger partial charge in [-0.1, -0.05) is 0 Å². The normalized spacial score (nSPS) is 10.3. The number of ether oxygens (including phenoxy) is 2. The smallest absolute Gasteiger partial charge is 0.193 e. The van der Waals surface area contributed by atoms with Crippen LogP contribution in [0.25, 0.3) is 0 Å². The van der Waals surface area contributed by atoms with Crippen molar-refractivity contribution in [1.82, 2.24) is 20.2 Å². The summed E-state index contributed by atoms with van der Waals surface area (Å²) in [7, 11) is 1.74. The third-order valence-corrected chi connectivity index (χ3v) is 2.54. The Hall–Kier alpha value is -2.31. The van der Waals surface area contributed by atoms with Crippen LogP contribution in [0, 0.1) is 0 Å². The average molecular weight is 277 g/mol. The first kappa shape index (κ1) is 14.1. The average Bonchev–Trinajstić information content (AvgIpc) is 2.85. The van der Waals surface area contributed by atoms with E-state index < -0.39 is 0 Å². The van der Waals surface area contributed by atoms with Crippen molar-refractivity contribution in [3.05, 3.63) is 24.0 Å². The molecule has 0 radical (unpaired) electrons. The maximum absolute atomic E-state index is 5.57. The minimum atomic E-state index is 0.507. The minimum Gasteiger partial charge on any atom is -0.490 e. The number of tetrazole rings is 1. The first-order chi connectivity index (χ1) is 9.72. The summed E-state index contributed by atoms with van der Waals surface area (Å²) in [6.07, 6.45) is 0. The van der Waals surface area contributed by atoms with Crippen molar-refractivity contribution >= 4 is 5.69 Å². The van der Waals surface area contributed by atoms with Crippen molar-refractivity contribution in [1.29, 1.82) is 0 Å². The van der Waals surface area contributed by atoms with Crippen LogP contribution in [0.15, 0.2) is 18.2 Å². The molecule has 1 aromatic carbocycles. The van der Waals surface area contributed by atoms with Gasteiger partial charge < -0.3 is 14.8 Å². The molecule has 0 saturated heterocycles. The Balaban J connectivity index is 2.05. The van der Waals surface area contributed by atoms with Crippen LogP contribution < -0.4 is 14.8 Å². The molecule has 0 aliphatic carbocycles. The van der Waals surface area contributed by atoms with Crippen LogP contribution in [0.2, 0.25) is 0 Å². The van der Waals surface area contributed by atoms with E-state index in [-0.39, 0.29) is 0 Å². The van der Waals surface area contributed by atoms with Gasteiger partial charge in [0, 0.05) is 11.8 Å². The van der Waals surface area contributed by atoms with Crippen molar-refractivity contribution in [3.8, 4) is 11.5 Å². The number of rotatable bonds is 7. The fourth-order valence-electron chi connectivity index (χ4n) is 1.74. The molecule has 0 bridgehead atoms. The molecule has 1 aromatic heterocycles. The summed E-state index contributed by atoms with van der Waals surface area (Å²) >= 11 is 0. The van der Waals surface area contributed by atoms with Gasteiger partial charge in [0.25, 0.3) is 0 Å². The van der Waals surface area contributed by atoms with E-state index >= 15 is 0 Å². The van der Waals surface area contributed by atoms with Gasteiger partial charge in [-0.15, -0.1) is 10.2 Å². The molecule has 20 heavy (non-hydrogen) atoms. The number of nitrogens with one attached hydrogen (secondary N) is 1. The molecule has 7 heteroatoms. The zero-order valence-electron chi connectivity index (χ0n) is 12.0. The Morgan fingerprint density at radius 2 is 1.90 bits per heavy atom. The van der Waals surface area contributed by atoms with Gasteiger partial charge >= 0.3 is 0 Å². The first-order valence-corrected chi connectivity index (χ1v) is 6.59. The van der Waals surface area contributed by atoms with Gasteiger partial charge in [0.05, 0.1) is 26.8 Å². The fourth-order valence-corrected chi connectivity index (χ4v) is 1.74. The molecule has 0 unspecified atom stereocenters. The molecular formula is C13H19N5O2. The van der Waals surface area contributed by atoms with E-state index in [1.54, 1.807) is 7.05 Å². The highest BCUT2D eigenvalue weighted by Gasteiger charge is 2.07. The summed E-state index contributed by atoms with van der Waals surface area (Å²) in [5.41, 5.74) is 0.921. The molecule has 0 aliphatic heterocycles. The lowest BCUT2D eigenvalue weighted by Gasteiger charge is -2.12. The molecular weight excluding hydrogens is 258 g/mol. The van der Waals surface area contributed by atoms with E-state index in [0.717, 1.165) is 17.2 Å². The van der Waals surface area contributed by atoms with Gasteiger partial charge in [-0.3, -0.25) is 0 Å². The van der Waals surface area contributed by atoms with Crippen LogP contribution >= 0.6 is 0 Å². The van der Waals surface area contributed by atoms with Gasteiger partial charge in [0.2, 0.25) is 0 Å². The predicted octanol–water partition coefficient (Wildman–Crippen LogP) is 1.62. The Bertz CT molecular complexity index is 555. The van der Waals surface area contributed by atoms with Crippen LogP contribution in [0.4, 0.5) is 5.69 Å². The molecule has 2 aromatic rings. The third-order valence-electron chi connectivity index (χ3n) is 2.54. The van der Waals surface area contributed by atoms with E-state index in [0.29, 0.717) is 25.6 Å². The summed E-state index contributed by atoms with van der Waals surface area (Å²) in [4.78, 5) is 1.43. The second-order valence-electron chi connectivity index (χ2n) is 4.08. The molecule has 0 atom stereocenters. The molecule has 2 rings (SSSR count). The van der Waals surface area contributed by atoms with E-state index in [1.807, 2.05) is 32.0 Å². The van der Waals surface area contributed by atoms with Gasteiger partial charge in [-0.05, 0) is 31.2 Å². The summed E-state index contributed by atoms with van der Waals surface area (Å²) in [6, 6.07) is 5.73. The largest absolute Gasteiger partial charge is 0.490 e. The number of benzene rings is 1. The molecule has 1 heterocycles. The maximum atomic E-state index is 5.57. The van der Waals surface area contributed by atoms with Crippen LogP contribution in [0.3, 0.4) is 0 Å². The Labute approximate surface area is 117 Å². The zero-order chi connectivity index (χ0) is 14.4. The van der Waals surface area contributed by atoms with Crippen LogP contribution in [-0.2, 0) is 13.6 Å². The molecule has 7 nitrogen and oxygen atoms in total. The molecule has 0 amide bonds. The molecule has 0 saturated carbocycles. The number of aryl methyl sites for hydroxylation is 1. The van der Waals surface area contributed by atoms with Gasteiger partial charge in [-0.2, -0.15) is 4.80 Å². The minimum absolute atomic E-state index is 0.507. The summed E-state index contributed by atoms with van der Waals surface area (Å²) < 4.78 is 11.1. The van der Waals surface area contributed by atoms with Crippen molar-refractivity contribution in [3.63, 3.8) is 0 Å². The van der Waals surface area contributed by atoms with E-state index in [4.69, 9.17) is 9.47 Å². The van der Waals surface area contributed by atoms with E-state index in [1.165, 1.54) is 4.80 Å². The topological polar surface area (TPSA) is 74.1 Å². The molecule has 108 valence electrons. The van der Waals surface area contributed by atoms with Crippen LogP contribution in [-0.4, -0.2) is 33.4 Å². The van der Waals surface area contributed by atoms with Crippen molar-refractivity contribution in [2.45, 2.75) is 20.4 Å². The van der Waals surface area contributed by atoms with Crippen LogP contribution in [0.1, 0.15) is 19.7 Å². The SMILES string of the molecule is CCOc1ccc(NCc2nnn(C)n2)cc1OCC. The number of nitrogens with zero attached hydrogens (tertiary/aromatic N) is 4. The Morgan fingerprint density at radius 3 is 2.55 bits per heavy atom. The van der Waals surface area contributed by atoms with E-state index in [9.17, 15) is 0 Å². The second-order valence-corrected chi connectivity index (χ2v) is 4.08. The van der Waals surface area contributed by atoms with Gasteiger partial charge in [0.1, 0.15) is 0 Å². The molecule has 0 spiro atoms. The van der Waals surface area contributed by atoms with Crippen molar-refractivity contribution < 1.29 is 9.47 Å². The van der Waals surface area contributed by atoms with Gasteiger partial charge in [-0.25, -0.2) is 0 Å². The predicted molar refractivity (Wildman–Crippen MR) is 74.9 cm³/mol. The number of anilines is 1. The Kier molecular flexibility index (Phi) is 4.75. The third kappa shape index (κ3) is 3.59. The Morgan fingerprint density at radius 1 is 1.15 bits per heavy atom. The molecule has 1 N–H and O–H groups in total. The molecule has 0 fully saturated rings. The number of aromatic nitrogens is 4. The quantitative estimate of drug-likeness (QED) is 0.829. The second kappa shape index (κ2) is 6.74. The fraction of sp³-hybridized carbons (Fsp3) is 0.462. The lowest BCUT2D eigenvalue weighted by molar-refractivity contribution is 0.288. The first-order valence-electron chi connectivity index (χ1n) is 6.59. The maximum Gasteiger partial charge on any atom is 0.193 e. The standard InChI is InChI=1S/C13H19N5O2/c1-4-19-11-7-6-10(8-12(11)20-5-2)14-9-13-15-17-18(3)16-13/h6-8,14H,4-5,9H2,1-3H3. The lowest BCUT2D eigenvalue weighted by atomic mass is 10.2. The van der Waals surface area contributed by atoms with E-state index in [2.05, 4.69) is 20.7 Å². The molecule has 0 aliphatic rings. The van der Waals surface area contributed by atoms with Gasteiger partial charge in [0.15, 0.2) is 17.3 Å². The lowest BCUT2D eigenvalue weighted by Crippen LogP contribution is -2.04. The highest BCUT2D eigenvalue weighted by Crippen LogP contribution is 2.30. The van der Waals surface area contributed by atoms with Crippen molar-refractivity contribution in [2.24, 2.45) is 7.05 Å². The monoisotopic (exact) mass is 277 g/mol. The van der Waals surface area contributed by atoms with Crippen molar-refractivity contribution in [2.75, 3.05) is 18.5 Å². The highest BCUT2D eigenvalue weighted by atomic mass is 16.5. The summed E-state index contributed by atoms with van der Waals surface area (Å²) in [6.45, 7) is 5.60. The summed E-state index contributed by atoms with van der Waals surface area (Å²) in [5, 5.41) is 15.0. The number of hydrogen-bond acceptors (Lipinski definition) is 6. The highest BCUT2D eigenvalue weighted by molar-refractivity contribution is 5.54. The van der Waals surface area contributed by atoms with Crippen LogP contribution in [0.5, 0.6) is 11.5 Å². The zero-order valence-corrected chi connectivity index (χ0v) is 12.0. The summed E-state index contributed by atoms with van der Waals surface area (Å²) in [5.74, 6) is 2.11. The number of hydrogen-bond donors (Lipinski definition) is 1.